The van der Waals surface area contributed by atoms with Gasteiger partial charge in [-0.05, 0) is 43.8 Å². The van der Waals surface area contributed by atoms with Gasteiger partial charge in [-0.3, -0.25) is 4.98 Å². The number of aryl methyl sites for hydroxylation is 1. The minimum atomic E-state index is 1.04. The maximum Gasteiger partial charge on any atom is 0.0535 e. The van der Waals surface area contributed by atoms with Gasteiger partial charge in [-0.1, -0.05) is 11.6 Å². The minimum absolute atomic E-state index is 1.04. The molecule has 3 heteroatoms. The van der Waals surface area contributed by atoms with Crippen LogP contribution in [0.1, 0.15) is 16.8 Å². The fourth-order valence-corrected chi connectivity index (χ4v) is 3.40. The first-order chi connectivity index (χ1) is 10.2. The van der Waals surface area contributed by atoms with Crippen molar-refractivity contribution in [1.29, 1.82) is 0 Å². The molecule has 0 spiro atoms. The van der Waals surface area contributed by atoms with Gasteiger partial charge in [-0.25, -0.2) is 0 Å². The van der Waals surface area contributed by atoms with Crippen LogP contribution in [-0.4, -0.2) is 28.0 Å². The van der Waals surface area contributed by atoms with Crippen LogP contribution < -0.4 is 0 Å². The molecule has 1 aliphatic rings. The minimum Gasteiger partial charge on any atom is -0.313 e. The van der Waals surface area contributed by atoms with Crippen molar-refractivity contribution in [3.05, 3.63) is 59.5 Å². The molecule has 1 aliphatic heterocycles. The fraction of sp³-hybridized carbons (Fsp3) is 0.278. The van der Waals surface area contributed by atoms with Crippen molar-refractivity contribution in [2.75, 3.05) is 13.6 Å². The molecule has 0 fully saturated rings. The van der Waals surface area contributed by atoms with Crippen molar-refractivity contribution in [1.82, 2.24) is 14.5 Å². The zero-order chi connectivity index (χ0) is 14.4. The molecule has 0 radical (unpaired) electrons. The maximum atomic E-state index is 4.15. The molecule has 0 bridgehead atoms. The Balaban J connectivity index is 2.06. The predicted octanol–water partition coefficient (Wildman–Crippen LogP) is 3.32. The van der Waals surface area contributed by atoms with E-state index in [2.05, 4.69) is 58.8 Å². The Morgan fingerprint density at radius 3 is 2.71 bits per heavy atom. The highest BCUT2D eigenvalue weighted by Crippen LogP contribution is 2.33. The molecule has 3 aromatic rings. The highest BCUT2D eigenvalue weighted by molar-refractivity contribution is 5.88. The van der Waals surface area contributed by atoms with Crippen molar-refractivity contribution in [2.24, 2.45) is 0 Å². The summed E-state index contributed by atoms with van der Waals surface area (Å²) >= 11 is 0. The summed E-state index contributed by atoms with van der Waals surface area (Å²) in [6.45, 7) is 4.32. The van der Waals surface area contributed by atoms with Gasteiger partial charge in [0, 0.05) is 48.7 Å². The Morgan fingerprint density at radius 2 is 1.90 bits per heavy atom. The molecule has 106 valence electrons. The van der Waals surface area contributed by atoms with Gasteiger partial charge in [0.15, 0.2) is 0 Å². The highest BCUT2D eigenvalue weighted by Gasteiger charge is 2.22. The van der Waals surface area contributed by atoms with Gasteiger partial charge in [0.25, 0.3) is 0 Å². The number of hydrogen-bond acceptors (Lipinski definition) is 2. The number of fused-ring (bicyclic) bond motifs is 3. The molecular weight excluding hydrogens is 258 g/mol. The number of hydrogen-bond donors (Lipinski definition) is 0. The number of benzene rings is 1. The van der Waals surface area contributed by atoms with E-state index in [0.717, 1.165) is 19.5 Å². The van der Waals surface area contributed by atoms with Gasteiger partial charge in [0.05, 0.1) is 5.52 Å². The van der Waals surface area contributed by atoms with E-state index in [1.165, 1.54) is 33.4 Å². The van der Waals surface area contributed by atoms with Gasteiger partial charge >= 0.3 is 0 Å². The quantitative estimate of drug-likeness (QED) is 0.680. The van der Waals surface area contributed by atoms with Crippen LogP contribution in [0.25, 0.3) is 16.6 Å². The molecule has 21 heavy (non-hydrogen) atoms. The molecule has 0 atom stereocenters. The maximum absolute atomic E-state index is 4.15. The van der Waals surface area contributed by atoms with Crippen LogP contribution in [0.4, 0.5) is 0 Å². The summed E-state index contributed by atoms with van der Waals surface area (Å²) in [5.74, 6) is 0. The summed E-state index contributed by atoms with van der Waals surface area (Å²) in [5, 5.41) is 1.40. The van der Waals surface area contributed by atoms with E-state index < -0.39 is 0 Å². The Labute approximate surface area is 124 Å². The Kier molecular flexibility index (Phi) is 2.82. The van der Waals surface area contributed by atoms with Crippen molar-refractivity contribution in [3.8, 4) is 5.69 Å². The lowest BCUT2D eigenvalue weighted by atomic mass is 10.0. The second-order valence-corrected chi connectivity index (χ2v) is 5.97. The molecule has 0 saturated carbocycles. The van der Waals surface area contributed by atoms with Crippen LogP contribution >= 0.6 is 0 Å². The highest BCUT2D eigenvalue weighted by atomic mass is 15.1. The summed E-state index contributed by atoms with van der Waals surface area (Å²) < 4.78 is 2.42. The van der Waals surface area contributed by atoms with Gasteiger partial charge in [0.1, 0.15) is 0 Å². The smallest absolute Gasteiger partial charge is 0.0535 e. The third kappa shape index (κ3) is 1.96. The molecule has 0 aliphatic carbocycles. The van der Waals surface area contributed by atoms with Gasteiger partial charge < -0.3 is 9.47 Å². The van der Waals surface area contributed by atoms with Crippen LogP contribution in [0.5, 0.6) is 0 Å². The van der Waals surface area contributed by atoms with E-state index in [1.54, 1.807) is 0 Å². The summed E-state index contributed by atoms with van der Waals surface area (Å²) in [6, 6.07) is 11.0. The molecular formula is C18H19N3. The van der Waals surface area contributed by atoms with Crippen LogP contribution in [0.15, 0.2) is 42.7 Å². The summed E-state index contributed by atoms with van der Waals surface area (Å²) in [5.41, 5.74) is 6.79. The Morgan fingerprint density at radius 1 is 1.10 bits per heavy atom. The van der Waals surface area contributed by atoms with E-state index in [9.17, 15) is 0 Å². The Bertz CT molecular complexity index is 802. The normalized spacial score (nSPS) is 15.3. The standard InChI is InChI=1S/C18H19N3/c1-13-3-4-17-15(11-13)16-12-20(2)10-7-18(16)21(17)14-5-8-19-9-6-14/h3-6,8-9,11H,7,10,12H2,1-2H3. The molecule has 0 N–H and O–H groups in total. The van der Waals surface area contributed by atoms with Gasteiger partial charge in [-0.2, -0.15) is 0 Å². The summed E-state index contributed by atoms with van der Waals surface area (Å²) in [7, 11) is 2.20. The van der Waals surface area contributed by atoms with Gasteiger partial charge in [0.2, 0.25) is 0 Å². The van der Waals surface area contributed by atoms with Crippen molar-refractivity contribution >= 4 is 10.9 Å². The Hall–Kier alpha value is -2.13. The summed E-state index contributed by atoms with van der Waals surface area (Å²) in [4.78, 5) is 6.56. The SMILES string of the molecule is Cc1ccc2c(c1)c1c(n2-c2ccncc2)CCN(C)C1. The number of pyridine rings is 1. The van der Waals surface area contributed by atoms with Crippen molar-refractivity contribution in [3.63, 3.8) is 0 Å². The average Bonchev–Trinajstić information content (AvgIpc) is 2.81. The van der Waals surface area contributed by atoms with Crippen molar-refractivity contribution in [2.45, 2.75) is 19.9 Å². The zero-order valence-corrected chi connectivity index (χ0v) is 12.5. The van der Waals surface area contributed by atoms with Crippen LogP contribution in [0, 0.1) is 6.92 Å². The lowest BCUT2D eigenvalue weighted by molar-refractivity contribution is 0.311. The molecule has 0 amide bonds. The number of likely N-dealkylation sites (N-methyl/N-ethyl adjacent to an activating group) is 1. The zero-order valence-electron chi connectivity index (χ0n) is 12.5. The first kappa shape index (κ1) is 12.6. The second-order valence-electron chi connectivity index (χ2n) is 5.97. The van der Waals surface area contributed by atoms with Crippen molar-refractivity contribution < 1.29 is 0 Å². The third-order valence-corrected chi connectivity index (χ3v) is 4.42. The lowest BCUT2D eigenvalue weighted by Crippen LogP contribution is -2.27. The molecule has 0 unspecified atom stereocenters. The second kappa shape index (κ2) is 4.71. The van der Waals surface area contributed by atoms with E-state index in [4.69, 9.17) is 0 Å². The van der Waals surface area contributed by atoms with E-state index >= 15 is 0 Å². The van der Waals surface area contributed by atoms with Crippen LogP contribution in [0.3, 0.4) is 0 Å². The van der Waals surface area contributed by atoms with E-state index in [0.29, 0.717) is 0 Å². The van der Waals surface area contributed by atoms with Crippen LogP contribution in [-0.2, 0) is 13.0 Å². The van der Waals surface area contributed by atoms with E-state index in [-0.39, 0.29) is 0 Å². The fourth-order valence-electron chi connectivity index (χ4n) is 3.40. The molecule has 2 aromatic heterocycles. The first-order valence-corrected chi connectivity index (χ1v) is 7.46. The first-order valence-electron chi connectivity index (χ1n) is 7.46. The third-order valence-electron chi connectivity index (χ3n) is 4.42. The number of rotatable bonds is 1. The number of aromatic nitrogens is 2. The number of nitrogens with zero attached hydrogens (tertiary/aromatic N) is 3. The predicted molar refractivity (Wildman–Crippen MR) is 85.8 cm³/mol. The largest absolute Gasteiger partial charge is 0.313 e. The molecule has 0 saturated heterocycles. The average molecular weight is 277 g/mol. The lowest BCUT2D eigenvalue weighted by Gasteiger charge is -2.24. The van der Waals surface area contributed by atoms with E-state index in [1.807, 2.05) is 12.4 Å². The topological polar surface area (TPSA) is 21.1 Å². The van der Waals surface area contributed by atoms with Crippen LogP contribution in [0.2, 0.25) is 0 Å². The molecule has 3 heterocycles. The van der Waals surface area contributed by atoms with Gasteiger partial charge in [-0.15, -0.1) is 0 Å². The monoisotopic (exact) mass is 277 g/mol. The molecule has 1 aromatic carbocycles. The summed E-state index contributed by atoms with van der Waals surface area (Å²) in [6.07, 6.45) is 4.84. The molecule has 4 rings (SSSR count). The molecule has 3 nitrogen and oxygen atoms in total.